The lowest BCUT2D eigenvalue weighted by Crippen LogP contribution is -2.29. The molecule has 0 aromatic rings. The standard InChI is InChI=1S/C34H70O7/c1-3-5-7-9-11-13-15-17-19-21-23-39-27-31(35)25-33(37)29-41-30-34(38)26-32(36)28-40-24-22-20-18-16-14-12-10-8-6-4-2/h31-38H,3-30H2,1-2H3. The Morgan fingerprint density at radius 1 is 0.341 bits per heavy atom. The Kier molecular flexibility index (Phi) is 32.4. The second kappa shape index (κ2) is 32.6. The van der Waals surface area contributed by atoms with E-state index in [1.165, 1.54) is 103 Å². The first-order chi connectivity index (χ1) is 20.0. The molecule has 0 aliphatic heterocycles. The third kappa shape index (κ3) is 32.5. The lowest BCUT2D eigenvalue weighted by atomic mass is 10.1. The summed E-state index contributed by atoms with van der Waals surface area (Å²) < 4.78 is 16.5. The van der Waals surface area contributed by atoms with Crippen molar-refractivity contribution in [1.29, 1.82) is 0 Å². The van der Waals surface area contributed by atoms with Crippen molar-refractivity contribution in [1.82, 2.24) is 0 Å². The van der Waals surface area contributed by atoms with Gasteiger partial charge in [-0.1, -0.05) is 129 Å². The van der Waals surface area contributed by atoms with Gasteiger partial charge in [0.1, 0.15) is 0 Å². The van der Waals surface area contributed by atoms with Crippen molar-refractivity contribution in [2.24, 2.45) is 0 Å². The smallest absolute Gasteiger partial charge is 0.0799 e. The van der Waals surface area contributed by atoms with E-state index in [1.807, 2.05) is 0 Å². The van der Waals surface area contributed by atoms with Crippen molar-refractivity contribution in [3.05, 3.63) is 0 Å². The zero-order valence-corrected chi connectivity index (χ0v) is 27.1. The molecule has 41 heavy (non-hydrogen) atoms. The average molecular weight is 591 g/mol. The van der Waals surface area contributed by atoms with E-state index in [-0.39, 0.29) is 39.3 Å². The van der Waals surface area contributed by atoms with Crippen LogP contribution in [-0.2, 0) is 14.2 Å². The van der Waals surface area contributed by atoms with Crippen molar-refractivity contribution in [3.8, 4) is 0 Å². The van der Waals surface area contributed by atoms with Gasteiger partial charge in [-0.3, -0.25) is 0 Å². The minimum atomic E-state index is -0.826. The molecular weight excluding hydrogens is 520 g/mol. The summed E-state index contributed by atoms with van der Waals surface area (Å²) in [4.78, 5) is 0. The predicted octanol–water partition coefficient (Wildman–Crippen LogP) is 7.10. The summed E-state index contributed by atoms with van der Waals surface area (Å²) in [5.41, 5.74) is 0. The van der Waals surface area contributed by atoms with E-state index in [1.54, 1.807) is 0 Å². The molecule has 0 saturated carbocycles. The zero-order chi connectivity index (χ0) is 30.2. The van der Waals surface area contributed by atoms with Gasteiger partial charge in [0.15, 0.2) is 0 Å². The quantitative estimate of drug-likeness (QED) is 0.0592. The maximum Gasteiger partial charge on any atom is 0.0799 e. The Hall–Kier alpha value is -0.280. The number of rotatable bonds is 34. The lowest BCUT2D eigenvalue weighted by Gasteiger charge is -2.19. The molecule has 4 N–H and O–H groups in total. The number of hydrogen-bond donors (Lipinski definition) is 4. The van der Waals surface area contributed by atoms with Crippen molar-refractivity contribution >= 4 is 0 Å². The van der Waals surface area contributed by atoms with Gasteiger partial charge in [0.05, 0.1) is 50.8 Å². The molecule has 0 saturated heterocycles. The summed E-state index contributed by atoms with van der Waals surface area (Å²) in [6, 6.07) is 0. The van der Waals surface area contributed by atoms with Gasteiger partial charge in [-0.15, -0.1) is 0 Å². The summed E-state index contributed by atoms with van der Waals surface area (Å²) >= 11 is 0. The summed E-state index contributed by atoms with van der Waals surface area (Å²) in [6.07, 6.45) is 22.7. The fourth-order valence-electron chi connectivity index (χ4n) is 5.06. The maximum atomic E-state index is 10.1. The number of aliphatic hydroxyl groups excluding tert-OH is 4. The number of hydrogen-bond acceptors (Lipinski definition) is 7. The lowest BCUT2D eigenvalue weighted by molar-refractivity contribution is -0.0503. The van der Waals surface area contributed by atoms with Crippen molar-refractivity contribution < 1.29 is 34.6 Å². The fourth-order valence-corrected chi connectivity index (χ4v) is 5.06. The van der Waals surface area contributed by atoms with Gasteiger partial charge < -0.3 is 34.6 Å². The first kappa shape index (κ1) is 40.7. The third-order valence-electron chi connectivity index (χ3n) is 7.61. The highest BCUT2D eigenvalue weighted by atomic mass is 16.5. The Morgan fingerprint density at radius 2 is 0.585 bits per heavy atom. The maximum absolute atomic E-state index is 10.1. The van der Waals surface area contributed by atoms with E-state index in [9.17, 15) is 20.4 Å². The van der Waals surface area contributed by atoms with Gasteiger partial charge in [-0.05, 0) is 12.8 Å². The third-order valence-corrected chi connectivity index (χ3v) is 7.61. The average Bonchev–Trinajstić information content (AvgIpc) is 2.94. The molecule has 0 rings (SSSR count). The summed E-state index contributed by atoms with van der Waals surface area (Å²) in [7, 11) is 0. The van der Waals surface area contributed by atoms with Gasteiger partial charge >= 0.3 is 0 Å². The first-order valence-electron chi connectivity index (χ1n) is 17.4. The van der Waals surface area contributed by atoms with Crippen LogP contribution in [0.4, 0.5) is 0 Å². The highest BCUT2D eigenvalue weighted by molar-refractivity contribution is 4.65. The van der Waals surface area contributed by atoms with Crippen molar-refractivity contribution in [2.45, 2.75) is 180 Å². The van der Waals surface area contributed by atoms with Gasteiger partial charge in [-0.2, -0.15) is 0 Å². The van der Waals surface area contributed by atoms with Crippen LogP contribution in [0.15, 0.2) is 0 Å². The molecule has 0 spiro atoms. The minimum absolute atomic E-state index is 0.0257. The Labute approximate surface area is 253 Å². The molecule has 7 nitrogen and oxygen atoms in total. The molecule has 0 aromatic heterocycles. The Morgan fingerprint density at radius 3 is 0.878 bits per heavy atom. The molecule has 4 atom stereocenters. The van der Waals surface area contributed by atoms with Crippen LogP contribution in [0.1, 0.15) is 155 Å². The van der Waals surface area contributed by atoms with Crippen LogP contribution in [0, 0.1) is 0 Å². The molecule has 0 aliphatic carbocycles. The van der Waals surface area contributed by atoms with Crippen LogP contribution in [-0.4, -0.2) is 84.5 Å². The molecule has 0 heterocycles. The molecule has 0 radical (unpaired) electrons. The van der Waals surface area contributed by atoms with E-state index in [2.05, 4.69) is 13.8 Å². The van der Waals surface area contributed by atoms with Gasteiger partial charge in [0, 0.05) is 26.1 Å². The molecule has 0 amide bonds. The highest BCUT2D eigenvalue weighted by Gasteiger charge is 2.16. The second-order valence-electron chi connectivity index (χ2n) is 12.1. The van der Waals surface area contributed by atoms with Crippen molar-refractivity contribution in [2.75, 3.05) is 39.6 Å². The van der Waals surface area contributed by atoms with E-state index in [0.717, 1.165) is 25.7 Å². The largest absolute Gasteiger partial charge is 0.391 e. The van der Waals surface area contributed by atoms with Gasteiger partial charge in [0.25, 0.3) is 0 Å². The monoisotopic (exact) mass is 591 g/mol. The van der Waals surface area contributed by atoms with E-state index in [0.29, 0.717) is 13.2 Å². The summed E-state index contributed by atoms with van der Waals surface area (Å²) in [5, 5.41) is 40.3. The van der Waals surface area contributed by atoms with Crippen LogP contribution < -0.4 is 0 Å². The number of aliphatic hydroxyl groups is 4. The Bertz CT molecular complexity index is 452. The fraction of sp³-hybridized carbons (Fsp3) is 1.00. The second-order valence-corrected chi connectivity index (χ2v) is 12.1. The van der Waals surface area contributed by atoms with Crippen molar-refractivity contribution in [3.63, 3.8) is 0 Å². The van der Waals surface area contributed by atoms with E-state index < -0.39 is 24.4 Å². The highest BCUT2D eigenvalue weighted by Crippen LogP contribution is 2.12. The van der Waals surface area contributed by atoms with Crippen LogP contribution in [0.3, 0.4) is 0 Å². The predicted molar refractivity (Wildman–Crippen MR) is 169 cm³/mol. The molecule has 248 valence electrons. The normalized spacial score (nSPS) is 14.8. The van der Waals surface area contributed by atoms with Crippen LogP contribution in [0.5, 0.6) is 0 Å². The summed E-state index contributed by atoms with van der Waals surface area (Å²) in [5.74, 6) is 0. The van der Waals surface area contributed by atoms with Crippen LogP contribution in [0.25, 0.3) is 0 Å². The zero-order valence-electron chi connectivity index (χ0n) is 27.1. The van der Waals surface area contributed by atoms with E-state index in [4.69, 9.17) is 14.2 Å². The molecule has 0 fully saturated rings. The molecule has 7 heteroatoms. The molecular formula is C34H70O7. The van der Waals surface area contributed by atoms with Gasteiger partial charge in [-0.25, -0.2) is 0 Å². The molecule has 0 bridgehead atoms. The Balaban J connectivity index is 3.50. The molecule has 0 aromatic carbocycles. The van der Waals surface area contributed by atoms with Crippen LogP contribution >= 0.6 is 0 Å². The molecule has 4 unspecified atom stereocenters. The summed E-state index contributed by atoms with van der Waals surface area (Å²) in [6.45, 7) is 6.24. The minimum Gasteiger partial charge on any atom is -0.391 e. The van der Waals surface area contributed by atoms with Crippen LogP contribution in [0.2, 0.25) is 0 Å². The molecule has 0 aliphatic rings. The topological polar surface area (TPSA) is 109 Å². The van der Waals surface area contributed by atoms with E-state index >= 15 is 0 Å². The number of ether oxygens (including phenoxy) is 3. The number of unbranched alkanes of at least 4 members (excludes halogenated alkanes) is 18. The first-order valence-corrected chi connectivity index (χ1v) is 17.4. The van der Waals surface area contributed by atoms with Gasteiger partial charge in [0.2, 0.25) is 0 Å². The SMILES string of the molecule is CCCCCCCCCCCCOCC(O)CC(O)COCC(O)CC(O)COCCCCCCCCCCCC.